The first-order valence-corrected chi connectivity index (χ1v) is 5.27. The zero-order valence-electron chi connectivity index (χ0n) is 9.08. The van der Waals surface area contributed by atoms with Gasteiger partial charge in [-0.1, -0.05) is 23.7 Å². The lowest BCUT2D eigenvalue weighted by atomic mass is 10.2. The number of ether oxygens (including phenoxy) is 2. The fourth-order valence-corrected chi connectivity index (χ4v) is 1.15. The van der Waals surface area contributed by atoms with Gasteiger partial charge in [0.25, 0.3) is 0 Å². The fraction of sp³-hybridized carbons (Fsp3) is 0.364. The predicted molar refractivity (Wildman–Crippen MR) is 57.8 cm³/mol. The largest absolute Gasteiger partial charge is 0.460 e. The average molecular weight is 265 g/mol. The molecule has 0 N–H and O–H groups in total. The second-order valence-electron chi connectivity index (χ2n) is 3.15. The van der Waals surface area contributed by atoms with Gasteiger partial charge in [-0.3, -0.25) is 0 Å². The molecule has 3 nitrogen and oxygen atoms in total. The monoisotopic (exact) mass is 264 g/mol. The van der Waals surface area contributed by atoms with Crippen molar-refractivity contribution in [3.05, 3.63) is 34.9 Å². The van der Waals surface area contributed by atoms with Crippen LogP contribution in [0.15, 0.2) is 24.3 Å². The standard InChI is InChI=1S/C11H11ClF2O3/c1-2-16-10(15)11(13,14)17-7-8-3-5-9(12)6-4-8/h3-6H,2,7H2,1H3. The van der Waals surface area contributed by atoms with Gasteiger partial charge in [-0.2, -0.15) is 8.78 Å². The zero-order chi connectivity index (χ0) is 12.9. The highest BCUT2D eigenvalue weighted by molar-refractivity contribution is 6.30. The molecule has 0 atom stereocenters. The molecular weight excluding hydrogens is 254 g/mol. The van der Waals surface area contributed by atoms with E-state index in [-0.39, 0.29) is 6.61 Å². The number of hydrogen-bond acceptors (Lipinski definition) is 3. The minimum atomic E-state index is -3.93. The summed E-state index contributed by atoms with van der Waals surface area (Å²) in [6.45, 7) is 0.912. The lowest BCUT2D eigenvalue weighted by molar-refractivity contribution is -0.254. The first-order valence-electron chi connectivity index (χ1n) is 4.89. The van der Waals surface area contributed by atoms with E-state index in [1.54, 1.807) is 12.1 Å². The van der Waals surface area contributed by atoms with E-state index in [0.717, 1.165) is 0 Å². The Kier molecular flexibility index (Phi) is 4.84. The molecule has 0 heterocycles. The van der Waals surface area contributed by atoms with Gasteiger partial charge in [-0.05, 0) is 24.6 Å². The Balaban J connectivity index is 2.54. The smallest absolute Gasteiger partial charge is 0.456 e. The van der Waals surface area contributed by atoms with Gasteiger partial charge in [0.15, 0.2) is 0 Å². The maximum atomic E-state index is 13.0. The summed E-state index contributed by atoms with van der Waals surface area (Å²) >= 11 is 5.63. The lowest BCUT2D eigenvalue weighted by Gasteiger charge is -2.14. The Morgan fingerprint density at radius 2 is 1.94 bits per heavy atom. The summed E-state index contributed by atoms with van der Waals surface area (Å²) in [5.74, 6) is -1.69. The quantitative estimate of drug-likeness (QED) is 0.767. The number of benzene rings is 1. The van der Waals surface area contributed by atoms with E-state index in [4.69, 9.17) is 11.6 Å². The molecule has 0 bridgehead atoms. The van der Waals surface area contributed by atoms with Gasteiger partial charge in [-0.15, -0.1) is 0 Å². The Morgan fingerprint density at radius 3 is 2.47 bits per heavy atom. The molecule has 1 rings (SSSR count). The third kappa shape index (κ3) is 4.28. The molecule has 0 amide bonds. The third-order valence-electron chi connectivity index (χ3n) is 1.85. The number of rotatable bonds is 5. The molecule has 0 aliphatic rings. The third-order valence-corrected chi connectivity index (χ3v) is 2.10. The van der Waals surface area contributed by atoms with E-state index in [2.05, 4.69) is 9.47 Å². The normalized spacial score (nSPS) is 11.3. The van der Waals surface area contributed by atoms with Gasteiger partial charge in [0.05, 0.1) is 13.2 Å². The molecule has 0 unspecified atom stereocenters. The van der Waals surface area contributed by atoms with Gasteiger partial charge >= 0.3 is 12.1 Å². The molecular formula is C11H11ClF2O3. The van der Waals surface area contributed by atoms with Gasteiger partial charge in [0, 0.05) is 5.02 Å². The van der Waals surface area contributed by atoms with Crippen LogP contribution in [0.1, 0.15) is 12.5 Å². The highest BCUT2D eigenvalue weighted by Gasteiger charge is 2.42. The summed E-state index contributed by atoms with van der Waals surface area (Å²) in [6.07, 6.45) is -3.93. The van der Waals surface area contributed by atoms with Crippen LogP contribution in [0, 0.1) is 0 Å². The van der Waals surface area contributed by atoms with Crippen LogP contribution in [0.5, 0.6) is 0 Å². The summed E-state index contributed by atoms with van der Waals surface area (Å²) in [5, 5.41) is 0.492. The summed E-state index contributed by atoms with van der Waals surface area (Å²) in [4.78, 5) is 10.8. The van der Waals surface area contributed by atoms with Crippen molar-refractivity contribution in [1.82, 2.24) is 0 Å². The molecule has 94 valence electrons. The molecule has 17 heavy (non-hydrogen) atoms. The highest BCUT2D eigenvalue weighted by atomic mass is 35.5. The summed E-state index contributed by atoms with van der Waals surface area (Å²) in [6, 6.07) is 6.15. The molecule has 0 aliphatic heterocycles. The SMILES string of the molecule is CCOC(=O)C(F)(F)OCc1ccc(Cl)cc1. The Morgan fingerprint density at radius 1 is 1.35 bits per heavy atom. The van der Waals surface area contributed by atoms with Crippen LogP contribution >= 0.6 is 11.6 Å². The lowest BCUT2D eigenvalue weighted by Crippen LogP contribution is -2.33. The molecule has 1 aromatic carbocycles. The van der Waals surface area contributed by atoms with Crippen molar-refractivity contribution >= 4 is 17.6 Å². The van der Waals surface area contributed by atoms with E-state index >= 15 is 0 Å². The van der Waals surface area contributed by atoms with Crippen LogP contribution in [-0.2, 0) is 20.9 Å². The van der Waals surface area contributed by atoms with Crippen LogP contribution in [0.25, 0.3) is 0 Å². The van der Waals surface area contributed by atoms with Gasteiger partial charge in [0.2, 0.25) is 0 Å². The zero-order valence-corrected chi connectivity index (χ0v) is 9.84. The maximum absolute atomic E-state index is 13.0. The van der Waals surface area contributed by atoms with Gasteiger partial charge in [0.1, 0.15) is 0 Å². The minimum Gasteiger partial charge on any atom is -0.460 e. The summed E-state index contributed by atoms with van der Waals surface area (Å²) in [7, 11) is 0. The number of carbonyl (C=O) groups excluding carboxylic acids is 1. The fourth-order valence-electron chi connectivity index (χ4n) is 1.03. The topological polar surface area (TPSA) is 35.5 Å². The van der Waals surface area contributed by atoms with Crippen LogP contribution in [0.2, 0.25) is 5.02 Å². The first kappa shape index (κ1) is 13.9. The van der Waals surface area contributed by atoms with Gasteiger partial charge < -0.3 is 9.47 Å². The van der Waals surface area contributed by atoms with Crippen molar-refractivity contribution in [3.63, 3.8) is 0 Å². The molecule has 1 aromatic rings. The number of hydrogen-bond donors (Lipinski definition) is 0. The van der Waals surface area contributed by atoms with Crippen molar-refractivity contribution in [2.75, 3.05) is 6.61 Å². The summed E-state index contributed by atoms with van der Waals surface area (Å²) < 4.78 is 34.5. The highest BCUT2D eigenvalue weighted by Crippen LogP contribution is 2.20. The van der Waals surface area contributed by atoms with E-state index in [1.807, 2.05) is 0 Å². The van der Waals surface area contributed by atoms with E-state index in [1.165, 1.54) is 19.1 Å². The van der Waals surface area contributed by atoms with Crippen LogP contribution < -0.4 is 0 Å². The number of esters is 1. The van der Waals surface area contributed by atoms with E-state index < -0.39 is 18.7 Å². The van der Waals surface area contributed by atoms with Crippen LogP contribution in [0.3, 0.4) is 0 Å². The molecule has 0 spiro atoms. The minimum absolute atomic E-state index is 0.126. The predicted octanol–water partition coefficient (Wildman–Crippen LogP) is 3.01. The van der Waals surface area contributed by atoms with Crippen LogP contribution in [-0.4, -0.2) is 18.7 Å². The van der Waals surface area contributed by atoms with Crippen molar-refractivity contribution < 1.29 is 23.0 Å². The Labute approximate surface area is 102 Å². The first-order chi connectivity index (χ1) is 7.95. The Bertz CT molecular complexity index is 379. The Hall–Kier alpha value is -1.20. The molecule has 0 fully saturated rings. The number of halogens is 3. The summed E-state index contributed by atoms with van der Waals surface area (Å²) in [5.41, 5.74) is 0.485. The maximum Gasteiger partial charge on any atom is 0.456 e. The van der Waals surface area contributed by atoms with Gasteiger partial charge in [-0.25, -0.2) is 4.79 Å². The molecule has 6 heteroatoms. The molecule has 0 saturated carbocycles. The van der Waals surface area contributed by atoms with Crippen molar-refractivity contribution in [2.45, 2.75) is 19.6 Å². The molecule has 0 aromatic heterocycles. The average Bonchev–Trinajstić information content (AvgIpc) is 2.29. The number of carbonyl (C=O) groups is 1. The second-order valence-corrected chi connectivity index (χ2v) is 3.59. The molecule has 0 radical (unpaired) electrons. The molecule has 0 aliphatic carbocycles. The van der Waals surface area contributed by atoms with E-state index in [0.29, 0.717) is 10.6 Å². The number of alkyl halides is 2. The van der Waals surface area contributed by atoms with E-state index in [9.17, 15) is 13.6 Å². The van der Waals surface area contributed by atoms with Crippen molar-refractivity contribution in [1.29, 1.82) is 0 Å². The molecule has 0 saturated heterocycles. The van der Waals surface area contributed by atoms with Crippen molar-refractivity contribution in [3.8, 4) is 0 Å². The van der Waals surface area contributed by atoms with Crippen LogP contribution in [0.4, 0.5) is 8.78 Å². The second kappa shape index (κ2) is 5.93. The van der Waals surface area contributed by atoms with Crippen molar-refractivity contribution in [2.24, 2.45) is 0 Å².